The van der Waals surface area contributed by atoms with Crippen LogP contribution < -0.4 is 0 Å². The van der Waals surface area contributed by atoms with E-state index in [2.05, 4.69) is 36.9 Å². The molecule has 0 amide bonds. The number of aliphatic imine (C=N–C) groups is 1. The van der Waals surface area contributed by atoms with E-state index in [-0.39, 0.29) is 11.9 Å². The molecule has 0 aliphatic carbocycles. The monoisotopic (exact) mass is 269 g/mol. The van der Waals surface area contributed by atoms with Gasteiger partial charge in [-0.1, -0.05) is 15.9 Å². The Kier molecular flexibility index (Phi) is 3.04. The summed E-state index contributed by atoms with van der Waals surface area (Å²) in [5.41, 5.74) is 0. The van der Waals surface area contributed by atoms with Gasteiger partial charge in [0, 0.05) is 5.33 Å². The first-order valence-electron chi connectivity index (χ1n) is 2.89. The van der Waals surface area contributed by atoms with Crippen molar-refractivity contribution >= 4 is 36.5 Å². The summed E-state index contributed by atoms with van der Waals surface area (Å²) in [4.78, 5) is 4.02. The van der Waals surface area contributed by atoms with Crippen molar-refractivity contribution in [3.05, 3.63) is 11.9 Å². The summed E-state index contributed by atoms with van der Waals surface area (Å²) in [5, 5.41) is 0.784. The molecule has 1 aliphatic rings. The molecular formula is C6H6Br2FN. The lowest BCUT2D eigenvalue weighted by molar-refractivity contribution is 0.649. The molecule has 0 aromatic carbocycles. The lowest BCUT2D eigenvalue weighted by Crippen LogP contribution is -2.11. The highest BCUT2D eigenvalue weighted by Crippen LogP contribution is 2.18. The van der Waals surface area contributed by atoms with Gasteiger partial charge in [-0.25, -0.2) is 4.39 Å². The van der Waals surface area contributed by atoms with Crippen LogP contribution in [0.3, 0.4) is 0 Å². The Labute approximate surface area is 75.7 Å². The number of hydrogen-bond donors (Lipinski definition) is 0. The van der Waals surface area contributed by atoms with Gasteiger partial charge in [-0.3, -0.25) is 4.99 Å². The molecule has 0 N–H and O–H groups in total. The molecule has 0 fully saturated rings. The van der Waals surface area contributed by atoms with Crippen LogP contribution in [0.1, 0.15) is 6.42 Å². The quantitative estimate of drug-likeness (QED) is 0.650. The Morgan fingerprint density at radius 1 is 1.80 bits per heavy atom. The van der Waals surface area contributed by atoms with Gasteiger partial charge in [-0.05, 0) is 28.4 Å². The van der Waals surface area contributed by atoms with Gasteiger partial charge in [-0.2, -0.15) is 0 Å². The van der Waals surface area contributed by atoms with E-state index in [4.69, 9.17) is 0 Å². The highest BCUT2D eigenvalue weighted by molar-refractivity contribution is 9.18. The van der Waals surface area contributed by atoms with Gasteiger partial charge in [0.2, 0.25) is 0 Å². The fourth-order valence-corrected chi connectivity index (χ4v) is 1.56. The molecule has 0 aromatic rings. The van der Waals surface area contributed by atoms with Crippen molar-refractivity contribution in [3.63, 3.8) is 0 Å². The van der Waals surface area contributed by atoms with Gasteiger partial charge in [0.15, 0.2) is 5.83 Å². The molecule has 56 valence electrons. The smallest absolute Gasteiger partial charge is 0.151 e. The van der Waals surface area contributed by atoms with E-state index in [1.54, 1.807) is 6.08 Å². The molecule has 0 saturated heterocycles. The second-order valence-electron chi connectivity index (χ2n) is 2.02. The standard InChI is InChI=1S/C6H6Br2FN/c7-3-4-1-2-5(9)6(8)10-4/h2,4H,1,3H2. The Balaban J connectivity index is 2.66. The number of allylic oxidation sites excluding steroid dienone is 1. The van der Waals surface area contributed by atoms with Crippen LogP contribution in [0.15, 0.2) is 16.9 Å². The molecule has 1 atom stereocenters. The average Bonchev–Trinajstić information content (AvgIpc) is 1.95. The minimum Gasteiger partial charge on any atom is -0.270 e. The van der Waals surface area contributed by atoms with Gasteiger partial charge < -0.3 is 0 Å². The van der Waals surface area contributed by atoms with E-state index >= 15 is 0 Å². The minimum atomic E-state index is -0.253. The zero-order valence-corrected chi connectivity index (χ0v) is 8.32. The molecule has 0 bridgehead atoms. The first-order chi connectivity index (χ1) is 4.74. The first-order valence-corrected chi connectivity index (χ1v) is 4.80. The zero-order valence-electron chi connectivity index (χ0n) is 5.15. The van der Waals surface area contributed by atoms with Crippen molar-refractivity contribution in [2.24, 2.45) is 4.99 Å². The summed E-state index contributed by atoms with van der Waals surface area (Å²) in [6, 6.07) is 0.189. The van der Waals surface area contributed by atoms with Crippen molar-refractivity contribution in [1.29, 1.82) is 0 Å². The predicted octanol–water partition coefficient (Wildman–Crippen LogP) is 2.80. The third-order valence-corrected chi connectivity index (χ3v) is 2.57. The topological polar surface area (TPSA) is 12.4 Å². The van der Waals surface area contributed by atoms with Crippen LogP contribution in [0.4, 0.5) is 4.39 Å². The number of rotatable bonds is 1. The van der Waals surface area contributed by atoms with Crippen molar-refractivity contribution in [1.82, 2.24) is 0 Å². The number of halogens is 3. The predicted molar refractivity (Wildman–Crippen MR) is 47.8 cm³/mol. The zero-order chi connectivity index (χ0) is 7.56. The number of hydrogen-bond acceptors (Lipinski definition) is 1. The average molecular weight is 271 g/mol. The van der Waals surface area contributed by atoms with Crippen LogP contribution in [0.2, 0.25) is 0 Å². The van der Waals surface area contributed by atoms with Gasteiger partial charge in [0.25, 0.3) is 0 Å². The Morgan fingerprint density at radius 2 is 2.50 bits per heavy atom. The molecule has 0 radical (unpaired) electrons. The highest BCUT2D eigenvalue weighted by Gasteiger charge is 2.13. The summed E-state index contributed by atoms with van der Waals surface area (Å²) in [6.07, 6.45) is 2.23. The van der Waals surface area contributed by atoms with E-state index in [1.165, 1.54) is 0 Å². The van der Waals surface area contributed by atoms with Crippen molar-refractivity contribution in [2.45, 2.75) is 12.5 Å². The van der Waals surface area contributed by atoms with Crippen LogP contribution in [-0.2, 0) is 0 Å². The largest absolute Gasteiger partial charge is 0.270 e. The van der Waals surface area contributed by atoms with E-state index in [0.717, 1.165) is 5.33 Å². The SMILES string of the molecule is FC1=CCC(CBr)N=C1Br. The Morgan fingerprint density at radius 3 is 3.00 bits per heavy atom. The van der Waals surface area contributed by atoms with E-state index in [1.807, 2.05) is 0 Å². The van der Waals surface area contributed by atoms with Crippen LogP contribution in [0.25, 0.3) is 0 Å². The molecule has 10 heavy (non-hydrogen) atoms. The lowest BCUT2D eigenvalue weighted by atomic mass is 10.2. The normalized spacial score (nSPS) is 25.7. The molecule has 1 aliphatic heterocycles. The second-order valence-corrected chi connectivity index (χ2v) is 3.41. The number of nitrogens with zero attached hydrogens (tertiary/aromatic N) is 1. The molecule has 0 spiro atoms. The fourth-order valence-electron chi connectivity index (χ4n) is 0.696. The van der Waals surface area contributed by atoms with Gasteiger partial charge in [0.05, 0.1) is 6.04 Å². The van der Waals surface area contributed by atoms with Crippen LogP contribution in [0.5, 0.6) is 0 Å². The van der Waals surface area contributed by atoms with E-state index in [9.17, 15) is 4.39 Å². The summed E-state index contributed by atoms with van der Waals surface area (Å²) in [5.74, 6) is -0.253. The molecule has 0 saturated carbocycles. The third-order valence-electron chi connectivity index (χ3n) is 1.24. The first kappa shape index (κ1) is 8.40. The van der Waals surface area contributed by atoms with Crippen molar-refractivity contribution in [2.75, 3.05) is 5.33 Å². The van der Waals surface area contributed by atoms with Crippen molar-refractivity contribution in [3.8, 4) is 0 Å². The number of dihydropyridines is 1. The second kappa shape index (κ2) is 3.62. The van der Waals surface area contributed by atoms with Gasteiger partial charge in [0.1, 0.15) is 4.62 Å². The Hall–Kier alpha value is 0.300. The highest BCUT2D eigenvalue weighted by atomic mass is 79.9. The number of alkyl halides is 1. The molecule has 4 heteroatoms. The molecule has 0 aromatic heterocycles. The van der Waals surface area contributed by atoms with Gasteiger partial charge >= 0.3 is 0 Å². The maximum absolute atomic E-state index is 12.6. The maximum Gasteiger partial charge on any atom is 0.151 e. The third kappa shape index (κ3) is 1.89. The van der Waals surface area contributed by atoms with Crippen LogP contribution >= 0.6 is 31.9 Å². The van der Waals surface area contributed by atoms with E-state index in [0.29, 0.717) is 11.0 Å². The van der Waals surface area contributed by atoms with E-state index < -0.39 is 0 Å². The molecule has 1 rings (SSSR count). The summed E-state index contributed by atoms with van der Waals surface area (Å²) < 4.78 is 12.9. The minimum absolute atomic E-state index is 0.189. The summed E-state index contributed by atoms with van der Waals surface area (Å²) in [7, 11) is 0. The van der Waals surface area contributed by atoms with Gasteiger partial charge in [-0.15, -0.1) is 0 Å². The molecule has 1 unspecified atom stereocenters. The summed E-state index contributed by atoms with van der Waals surface area (Å²) >= 11 is 6.30. The van der Waals surface area contributed by atoms with Crippen LogP contribution in [-0.4, -0.2) is 16.0 Å². The fraction of sp³-hybridized carbons (Fsp3) is 0.500. The maximum atomic E-state index is 12.6. The molecule has 1 nitrogen and oxygen atoms in total. The molecule has 1 heterocycles. The van der Waals surface area contributed by atoms with Crippen LogP contribution in [0, 0.1) is 0 Å². The summed E-state index contributed by atoms with van der Waals surface area (Å²) in [6.45, 7) is 0. The lowest BCUT2D eigenvalue weighted by Gasteiger charge is -2.11. The Bertz CT molecular complexity index is 188. The van der Waals surface area contributed by atoms with Crippen molar-refractivity contribution < 1.29 is 4.39 Å². The molecular weight excluding hydrogens is 265 g/mol.